The van der Waals surface area contributed by atoms with Crippen molar-refractivity contribution in [3.05, 3.63) is 10.4 Å². The number of aliphatic hydroxyl groups excluding tert-OH is 2. The summed E-state index contributed by atoms with van der Waals surface area (Å²) in [6, 6.07) is -1.75. The van der Waals surface area contributed by atoms with Gasteiger partial charge in [-0.25, -0.2) is 0 Å². The Morgan fingerprint density at radius 1 is 1.38 bits per heavy atom. The van der Waals surface area contributed by atoms with E-state index in [4.69, 9.17) is 11.5 Å². The zero-order valence-corrected chi connectivity index (χ0v) is 13.9. The molecule has 2 heterocycles. The standard InChI is InChI=1S/C14H24N6O4/c1-5(2)8(15)13(24)20-7(10(22)6(3)21)4-17-11-9(20)12(23)19-14(16)18-11/h5-8,10,21-22H,4,15H2,1-3H3,(H4,16,17,18,19,23)/t6-,7+,8+,10-/m0/s1. The smallest absolute Gasteiger partial charge is 0.278 e. The van der Waals surface area contributed by atoms with Gasteiger partial charge < -0.3 is 27.0 Å². The van der Waals surface area contributed by atoms with Gasteiger partial charge in [0.15, 0.2) is 11.5 Å². The Morgan fingerprint density at radius 2 is 2.00 bits per heavy atom. The lowest BCUT2D eigenvalue weighted by Crippen LogP contribution is -2.61. The largest absolute Gasteiger partial charge is 0.391 e. The van der Waals surface area contributed by atoms with Crippen molar-refractivity contribution in [1.29, 1.82) is 0 Å². The number of rotatable bonds is 4. The average molecular weight is 340 g/mol. The number of nitrogens with two attached hydrogens (primary N) is 2. The molecule has 0 radical (unpaired) electrons. The molecule has 2 rings (SSSR count). The molecule has 1 aliphatic rings. The lowest BCUT2D eigenvalue weighted by Gasteiger charge is -2.41. The maximum Gasteiger partial charge on any atom is 0.278 e. The fourth-order valence-corrected chi connectivity index (χ4v) is 2.60. The number of nitrogen functional groups attached to an aromatic ring is 1. The highest BCUT2D eigenvalue weighted by molar-refractivity contribution is 6.00. The van der Waals surface area contributed by atoms with Crippen molar-refractivity contribution >= 4 is 23.4 Å². The minimum Gasteiger partial charge on any atom is -0.391 e. The third-order valence-electron chi connectivity index (χ3n) is 4.09. The topological polar surface area (TPSA) is 171 Å². The van der Waals surface area contributed by atoms with Gasteiger partial charge in [-0.3, -0.25) is 19.5 Å². The summed E-state index contributed by atoms with van der Waals surface area (Å²) in [5.41, 5.74) is 10.8. The van der Waals surface area contributed by atoms with E-state index in [-0.39, 0.29) is 29.9 Å². The van der Waals surface area contributed by atoms with Crippen molar-refractivity contribution < 1.29 is 15.0 Å². The molecule has 4 atom stereocenters. The number of anilines is 3. The number of carbonyl (C=O) groups excluding carboxylic acids is 1. The van der Waals surface area contributed by atoms with Crippen LogP contribution >= 0.6 is 0 Å². The first-order chi connectivity index (χ1) is 11.1. The fourth-order valence-electron chi connectivity index (χ4n) is 2.60. The first kappa shape index (κ1) is 18.2. The van der Waals surface area contributed by atoms with E-state index >= 15 is 0 Å². The van der Waals surface area contributed by atoms with Gasteiger partial charge in [-0.1, -0.05) is 13.8 Å². The number of aliphatic hydroxyl groups is 2. The van der Waals surface area contributed by atoms with E-state index < -0.39 is 35.8 Å². The van der Waals surface area contributed by atoms with E-state index in [9.17, 15) is 19.8 Å². The maximum absolute atomic E-state index is 12.8. The van der Waals surface area contributed by atoms with Gasteiger partial charge in [0.2, 0.25) is 11.9 Å². The van der Waals surface area contributed by atoms with Crippen molar-refractivity contribution in [2.24, 2.45) is 11.7 Å². The number of hydrogen-bond donors (Lipinski definition) is 6. The average Bonchev–Trinajstić information content (AvgIpc) is 2.51. The number of nitrogens with one attached hydrogen (secondary N) is 2. The van der Waals surface area contributed by atoms with Gasteiger partial charge in [0.25, 0.3) is 5.56 Å². The van der Waals surface area contributed by atoms with E-state index in [1.807, 2.05) is 0 Å². The second-order valence-electron chi connectivity index (χ2n) is 6.31. The molecule has 0 saturated heterocycles. The Hall–Kier alpha value is -2.17. The highest BCUT2D eigenvalue weighted by Gasteiger charge is 2.41. The van der Waals surface area contributed by atoms with Crippen molar-refractivity contribution in [3.8, 4) is 0 Å². The second kappa shape index (κ2) is 6.75. The van der Waals surface area contributed by atoms with Crippen LogP contribution in [0.25, 0.3) is 0 Å². The Morgan fingerprint density at radius 3 is 2.54 bits per heavy atom. The van der Waals surface area contributed by atoms with Gasteiger partial charge in [-0.2, -0.15) is 4.98 Å². The van der Waals surface area contributed by atoms with E-state index in [1.54, 1.807) is 13.8 Å². The summed E-state index contributed by atoms with van der Waals surface area (Å²) in [5.74, 6) is -0.675. The van der Waals surface area contributed by atoms with E-state index in [0.29, 0.717) is 0 Å². The molecule has 0 spiro atoms. The van der Waals surface area contributed by atoms with Crippen LogP contribution in [0.5, 0.6) is 0 Å². The summed E-state index contributed by atoms with van der Waals surface area (Å²) in [5, 5.41) is 22.9. The number of hydrogen-bond acceptors (Lipinski definition) is 8. The SMILES string of the molecule is CC(C)[C@@H](N)C(=O)N1c2c(nc(N)[nH]c2=O)NC[C@@H]1[C@@H](O)[C@H](C)O. The molecule has 0 aromatic carbocycles. The van der Waals surface area contributed by atoms with Crippen molar-refractivity contribution in [2.75, 3.05) is 22.5 Å². The third kappa shape index (κ3) is 3.21. The molecule has 0 bridgehead atoms. The number of aromatic nitrogens is 2. The highest BCUT2D eigenvalue weighted by atomic mass is 16.3. The fraction of sp³-hybridized carbons (Fsp3) is 0.643. The quantitative estimate of drug-likeness (QED) is 0.373. The van der Waals surface area contributed by atoms with Crippen LogP contribution in [0, 0.1) is 5.92 Å². The number of aromatic amines is 1. The van der Waals surface area contributed by atoms with Gasteiger partial charge in [0.05, 0.1) is 18.2 Å². The highest BCUT2D eigenvalue weighted by Crippen LogP contribution is 2.29. The second-order valence-corrected chi connectivity index (χ2v) is 6.31. The lowest BCUT2D eigenvalue weighted by atomic mass is 9.98. The monoisotopic (exact) mass is 340 g/mol. The van der Waals surface area contributed by atoms with Gasteiger partial charge in [0.1, 0.15) is 6.10 Å². The molecule has 0 saturated carbocycles. The van der Waals surface area contributed by atoms with Gasteiger partial charge in [-0.15, -0.1) is 0 Å². The van der Waals surface area contributed by atoms with Crippen LogP contribution in [0.15, 0.2) is 4.79 Å². The Bertz CT molecular complexity index is 674. The predicted octanol–water partition coefficient (Wildman–Crippen LogP) is -1.80. The number of H-pyrrole nitrogens is 1. The van der Waals surface area contributed by atoms with E-state index in [2.05, 4.69) is 15.3 Å². The zero-order valence-electron chi connectivity index (χ0n) is 13.9. The molecule has 10 nitrogen and oxygen atoms in total. The molecule has 0 fully saturated rings. The minimum absolute atomic E-state index is 0.0683. The Kier molecular flexibility index (Phi) is 5.11. The molecule has 1 aromatic heterocycles. The first-order valence-electron chi connectivity index (χ1n) is 7.73. The molecule has 24 heavy (non-hydrogen) atoms. The van der Waals surface area contributed by atoms with E-state index in [0.717, 1.165) is 4.90 Å². The van der Waals surface area contributed by atoms with Crippen LogP contribution in [-0.4, -0.2) is 56.9 Å². The first-order valence-corrected chi connectivity index (χ1v) is 7.73. The van der Waals surface area contributed by atoms with Crippen LogP contribution < -0.4 is 27.2 Å². The Labute approximate surface area is 138 Å². The summed E-state index contributed by atoms with van der Waals surface area (Å²) in [7, 11) is 0. The van der Waals surface area contributed by atoms with E-state index in [1.165, 1.54) is 6.92 Å². The molecule has 1 amide bonds. The number of nitrogens with zero attached hydrogens (tertiary/aromatic N) is 2. The summed E-state index contributed by atoms with van der Waals surface area (Å²) in [4.78, 5) is 32.6. The Balaban J connectivity index is 2.57. The van der Waals surface area contributed by atoms with Gasteiger partial charge in [0, 0.05) is 6.54 Å². The molecule has 0 aliphatic carbocycles. The molecule has 8 N–H and O–H groups in total. The van der Waals surface area contributed by atoms with Gasteiger partial charge in [-0.05, 0) is 12.8 Å². The third-order valence-corrected chi connectivity index (χ3v) is 4.09. The van der Waals surface area contributed by atoms with Crippen molar-refractivity contribution in [3.63, 3.8) is 0 Å². The number of fused-ring (bicyclic) bond motifs is 1. The molecule has 134 valence electrons. The van der Waals surface area contributed by atoms with Crippen LogP contribution in [0.4, 0.5) is 17.5 Å². The summed E-state index contributed by atoms with van der Waals surface area (Å²) in [6.07, 6.45) is -2.38. The number of carbonyl (C=O) groups is 1. The zero-order chi connectivity index (χ0) is 18.2. The van der Waals surface area contributed by atoms with Crippen LogP contribution in [0.2, 0.25) is 0 Å². The molecule has 10 heteroatoms. The summed E-state index contributed by atoms with van der Waals surface area (Å²) >= 11 is 0. The lowest BCUT2D eigenvalue weighted by molar-refractivity contribution is -0.122. The molecule has 1 aliphatic heterocycles. The normalized spacial score (nSPS) is 21.0. The van der Waals surface area contributed by atoms with Crippen LogP contribution in [0.3, 0.4) is 0 Å². The molecule has 1 aromatic rings. The predicted molar refractivity (Wildman–Crippen MR) is 89.5 cm³/mol. The summed E-state index contributed by atoms with van der Waals surface area (Å²) < 4.78 is 0. The molecular formula is C14H24N6O4. The van der Waals surface area contributed by atoms with Crippen LogP contribution in [-0.2, 0) is 4.79 Å². The van der Waals surface area contributed by atoms with Crippen LogP contribution in [0.1, 0.15) is 20.8 Å². The van der Waals surface area contributed by atoms with Gasteiger partial charge >= 0.3 is 0 Å². The van der Waals surface area contributed by atoms with Crippen molar-refractivity contribution in [1.82, 2.24) is 9.97 Å². The summed E-state index contributed by atoms with van der Waals surface area (Å²) in [6.45, 7) is 5.04. The molecule has 0 unspecified atom stereocenters. The molecular weight excluding hydrogens is 316 g/mol. The minimum atomic E-state index is -1.27. The number of amides is 1. The maximum atomic E-state index is 12.8. The van der Waals surface area contributed by atoms with Crippen molar-refractivity contribution in [2.45, 2.75) is 45.1 Å².